The van der Waals surface area contributed by atoms with Crippen LogP contribution in [0.15, 0.2) is 83.5 Å². The molecule has 0 bridgehead atoms. The number of nitrogens with zero attached hydrogens (tertiary/aromatic N) is 1. The molecular weight excluding hydrogens is 576 g/mol. The molecule has 3 rings (SSSR count). The van der Waals surface area contributed by atoms with Crippen molar-refractivity contribution in [1.82, 2.24) is 20.9 Å². The lowest BCUT2D eigenvalue weighted by Gasteiger charge is -2.28. The van der Waals surface area contributed by atoms with Gasteiger partial charge < -0.3 is 25.8 Å². The summed E-state index contributed by atoms with van der Waals surface area (Å²) < 4.78 is 6.76. The van der Waals surface area contributed by atoms with Crippen molar-refractivity contribution in [3.05, 3.63) is 100 Å². The van der Waals surface area contributed by atoms with E-state index in [2.05, 4.69) is 36.9 Å². The molecule has 0 spiro atoms. The number of aliphatic hydroxyl groups is 1. The average molecular weight is 612 g/mol. The number of benzene rings is 2. The Bertz CT molecular complexity index is 1230. The van der Waals surface area contributed by atoms with Gasteiger partial charge in [-0.05, 0) is 41.3 Å². The summed E-state index contributed by atoms with van der Waals surface area (Å²) in [6.07, 6.45) is 0.0209. The van der Waals surface area contributed by atoms with E-state index in [0.717, 1.165) is 15.6 Å². The van der Waals surface area contributed by atoms with Crippen LogP contribution in [0.4, 0.5) is 0 Å². The number of hydrogen-bond acceptors (Lipinski definition) is 6. The largest absolute Gasteiger partial charge is 0.390 e. The molecule has 40 heavy (non-hydrogen) atoms. The summed E-state index contributed by atoms with van der Waals surface area (Å²) in [6, 6.07) is 20.1. The number of nitrogens with one attached hydrogen (secondary N) is 3. The lowest BCUT2D eigenvalue weighted by atomic mass is 10.0. The van der Waals surface area contributed by atoms with Crippen LogP contribution in [0.3, 0.4) is 0 Å². The zero-order valence-corrected chi connectivity index (χ0v) is 24.1. The number of pyridine rings is 1. The predicted octanol–water partition coefficient (Wildman–Crippen LogP) is 3.37. The highest BCUT2D eigenvalue weighted by molar-refractivity contribution is 9.10. The smallest absolute Gasteiger partial charge is 0.270 e. The predicted molar refractivity (Wildman–Crippen MR) is 155 cm³/mol. The van der Waals surface area contributed by atoms with E-state index in [1.54, 1.807) is 32.0 Å². The summed E-state index contributed by atoms with van der Waals surface area (Å²) in [4.78, 5) is 42.6. The lowest BCUT2D eigenvalue weighted by Crippen LogP contribution is -2.56. The number of carbonyl (C=O) groups is 3. The Balaban J connectivity index is 1.65. The molecule has 1 heterocycles. The Morgan fingerprint density at radius 2 is 1.62 bits per heavy atom. The molecule has 3 atom stereocenters. The van der Waals surface area contributed by atoms with Gasteiger partial charge in [-0.1, -0.05) is 78.3 Å². The molecular formula is C30H35BrN4O5. The third-order valence-electron chi connectivity index (χ3n) is 6.13. The number of aromatic nitrogens is 1. The Morgan fingerprint density at radius 3 is 2.27 bits per heavy atom. The highest BCUT2D eigenvalue weighted by Gasteiger charge is 2.30. The third-order valence-corrected chi connectivity index (χ3v) is 6.66. The number of ether oxygens (including phenoxy) is 1. The summed E-state index contributed by atoms with van der Waals surface area (Å²) in [7, 11) is 0. The molecule has 10 heteroatoms. The van der Waals surface area contributed by atoms with E-state index in [1.807, 2.05) is 54.6 Å². The Morgan fingerprint density at radius 1 is 0.925 bits per heavy atom. The fourth-order valence-corrected chi connectivity index (χ4v) is 4.12. The number of amides is 3. The van der Waals surface area contributed by atoms with Crippen LogP contribution in [0.1, 0.15) is 41.9 Å². The van der Waals surface area contributed by atoms with Crippen LogP contribution >= 0.6 is 15.9 Å². The molecule has 212 valence electrons. The first-order chi connectivity index (χ1) is 19.2. The van der Waals surface area contributed by atoms with Crippen molar-refractivity contribution in [1.29, 1.82) is 0 Å². The van der Waals surface area contributed by atoms with Crippen molar-refractivity contribution in [3.8, 4) is 0 Å². The summed E-state index contributed by atoms with van der Waals surface area (Å²) in [6.45, 7) is 4.12. The molecule has 0 aliphatic rings. The van der Waals surface area contributed by atoms with E-state index in [0.29, 0.717) is 6.54 Å². The van der Waals surface area contributed by atoms with Gasteiger partial charge >= 0.3 is 0 Å². The number of carbonyl (C=O) groups excluding carboxylic acids is 3. The summed E-state index contributed by atoms with van der Waals surface area (Å²) in [5, 5.41) is 19.3. The maximum absolute atomic E-state index is 13.3. The SMILES string of the molecule is CC(C)[C@H](NC(=O)c1ccccn1)C(=O)N[C@@H](COCc1ccc(Br)cc1)[C@@H](O)CC(=O)NCc1ccccc1. The monoisotopic (exact) mass is 610 g/mol. The van der Waals surface area contributed by atoms with E-state index in [1.165, 1.54) is 6.20 Å². The average Bonchev–Trinajstić information content (AvgIpc) is 2.95. The molecule has 0 aliphatic heterocycles. The molecule has 0 radical (unpaired) electrons. The molecule has 4 N–H and O–H groups in total. The van der Waals surface area contributed by atoms with Gasteiger partial charge in [0.15, 0.2) is 0 Å². The molecule has 0 unspecified atom stereocenters. The van der Waals surface area contributed by atoms with Crippen molar-refractivity contribution < 1.29 is 24.2 Å². The zero-order chi connectivity index (χ0) is 28.9. The summed E-state index contributed by atoms with van der Waals surface area (Å²) in [5.41, 5.74) is 2.02. The van der Waals surface area contributed by atoms with Crippen LogP contribution < -0.4 is 16.0 Å². The molecule has 0 aliphatic carbocycles. The topological polar surface area (TPSA) is 130 Å². The first-order valence-corrected chi connectivity index (χ1v) is 13.9. The maximum Gasteiger partial charge on any atom is 0.270 e. The summed E-state index contributed by atoms with van der Waals surface area (Å²) in [5.74, 6) is -1.62. The van der Waals surface area contributed by atoms with Crippen molar-refractivity contribution >= 4 is 33.7 Å². The van der Waals surface area contributed by atoms with Crippen LogP contribution in [0.25, 0.3) is 0 Å². The van der Waals surface area contributed by atoms with Crippen LogP contribution in [0.5, 0.6) is 0 Å². The van der Waals surface area contributed by atoms with Gasteiger partial charge in [0.1, 0.15) is 11.7 Å². The van der Waals surface area contributed by atoms with Gasteiger partial charge in [0.05, 0.1) is 31.8 Å². The van der Waals surface area contributed by atoms with Crippen LogP contribution in [-0.2, 0) is 27.5 Å². The van der Waals surface area contributed by atoms with Gasteiger partial charge in [-0.15, -0.1) is 0 Å². The van der Waals surface area contributed by atoms with Crippen LogP contribution in [0, 0.1) is 5.92 Å². The van der Waals surface area contributed by atoms with E-state index in [9.17, 15) is 19.5 Å². The van der Waals surface area contributed by atoms with Gasteiger partial charge in [0.25, 0.3) is 5.91 Å². The van der Waals surface area contributed by atoms with Crippen molar-refractivity contribution in [3.63, 3.8) is 0 Å². The van der Waals surface area contributed by atoms with Crippen molar-refractivity contribution in [2.45, 2.75) is 51.6 Å². The first kappa shape index (κ1) is 30.9. The molecule has 0 saturated carbocycles. The second kappa shape index (κ2) is 15.9. The fraction of sp³-hybridized carbons (Fsp3) is 0.333. The lowest BCUT2D eigenvalue weighted by molar-refractivity contribution is -0.129. The number of rotatable bonds is 14. The Kier molecular flexibility index (Phi) is 12.3. The van der Waals surface area contributed by atoms with Gasteiger partial charge in [-0.3, -0.25) is 19.4 Å². The van der Waals surface area contributed by atoms with Crippen molar-refractivity contribution in [2.24, 2.45) is 5.92 Å². The van der Waals surface area contributed by atoms with E-state index >= 15 is 0 Å². The second-order valence-electron chi connectivity index (χ2n) is 9.70. The minimum Gasteiger partial charge on any atom is -0.390 e. The molecule has 3 aromatic rings. The second-order valence-corrected chi connectivity index (χ2v) is 10.6. The van der Waals surface area contributed by atoms with E-state index in [-0.39, 0.29) is 37.2 Å². The zero-order valence-electron chi connectivity index (χ0n) is 22.5. The minimum atomic E-state index is -1.23. The first-order valence-electron chi connectivity index (χ1n) is 13.1. The van der Waals surface area contributed by atoms with E-state index < -0.39 is 30.0 Å². The van der Waals surface area contributed by atoms with Crippen molar-refractivity contribution in [2.75, 3.05) is 6.61 Å². The molecule has 1 aromatic heterocycles. The number of hydrogen-bond donors (Lipinski definition) is 4. The highest BCUT2D eigenvalue weighted by atomic mass is 79.9. The summed E-state index contributed by atoms with van der Waals surface area (Å²) >= 11 is 3.40. The fourth-order valence-electron chi connectivity index (χ4n) is 3.85. The highest BCUT2D eigenvalue weighted by Crippen LogP contribution is 2.12. The number of halogens is 1. The maximum atomic E-state index is 13.3. The van der Waals surface area contributed by atoms with Crippen LogP contribution in [0.2, 0.25) is 0 Å². The standard InChI is InChI=1S/C30H35BrN4O5/c1-20(2)28(35-29(38)24-10-6-7-15-32-24)30(39)34-25(19-40-18-22-11-13-23(31)14-12-22)26(36)16-27(37)33-17-21-8-4-3-5-9-21/h3-15,20,25-26,28,36H,16-19H2,1-2H3,(H,33,37)(H,34,39)(H,35,38)/t25-,26-,28-/m0/s1. The normalized spacial score (nSPS) is 13.2. The van der Waals surface area contributed by atoms with E-state index in [4.69, 9.17) is 4.74 Å². The molecule has 0 fully saturated rings. The van der Waals surface area contributed by atoms with Gasteiger partial charge in [-0.2, -0.15) is 0 Å². The van der Waals surface area contributed by atoms with Gasteiger partial charge in [0, 0.05) is 17.2 Å². The molecule has 3 amide bonds. The minimum absolute atomic E-state index is 0.0477. The Hall–Kier alpha value is -3.60. The molecule has 0 saturated heterocycles. The Labute approximate surface area is 242 Å². The van der Waals surface area contributed by atoms with Crippen LogP contribution in [-0.4, -0.2) is 52.6 Å². The molecule has 2 aromatic carbocycles. The molecule has 9 nitrogen and oxygen atoms in total. The van der Waals surface area contributed by atoms with Gasteiger partial charge in [-0.25, -0.2) is 0 Å². The third kappa shape index (κ3) is 10.2. The quantitative estimate of drug-likeness (QED) is 0.221. The number of aliphatic hydroxyl groups excluding tert-OH is 1. The van der Waals surface area contributed by atoms with Gasteiger partial charge in [0.2, 0.25) is 11.8 Å².